The molecule has 0 saturated heterocycles. The lowest BCUT2D eigenvalue weighted by molar-refractivity contribution is -0.145. The van der Waals surface area contributed by atoms with E-state index in [0.29, 0.717) is 12.8 Å². The van der Waals surface area contributed by atoms with E-state index in [2.05, 4.69) is 5.32 Å². The predicted octanol–water partition coefficient (Wildman–Crippen LogP) is 0.873. The van der Waals surface area contributed by atoms with Crippen LogP contribution >= 0.6 is 0 Å². The van der Waals surface area contributed by atoms with Crippen LogP contribution in [0.2, 0.25) is 0 Å². The summed E-state index contributed by atoms with van der Waals surface area (Å²) in [4.78, 5) is 23.2. The van der Waals surface area contributed by atoms with Crippen molar-refractivity contribution in [3.63, 3.8) is 0 Å². The van der Waals surface area contributed by atoms with Crippen molar-refractivity contribution in [1.82, 2.24) is 5.32 Å². The Hall–Kier alpha value is -1.10. The average Bonchev–Trinajstić information content (AvgIpc) is 2.60. The van der Waals surface area contributed by atoms with Crippen LogP contribution in [0.15, 0.2) is 0 Å². The summed E-state index contributed by atoms with van der Waals surface area (Å²) >= 11 is 0. The zero-order valence-corrected chi connectivity index (χ0v) is 10.7. The molecule has 1 fully saturated rings. The molecule has 1 saturated carbocycles. The second kappa shape index (κ2) is 4.64. The summed E-state index contributed by atoms with van der Waals surface area (Å²) in [5.74, 6) is -1.36. The molecule has 0 spiro atoms. The van der Waals surface area contributed by atoms with E-state index in [4.69, 9.17) is 10.8 Å². The minimum atomic E-state index is -1.02. The average molecular weight is 242 g/mol. The summed E-state index contributed by atoms with van der Waals surface area (Å²) < 4.78 is 0. The van der Waals surface area contributed by atoms with Gasteiger partial charge in [-0.25, -0.2) is 4.79 Å². The maximum absolute atomic E-state index is 12.0. The molecule has 0 aromatic heterocycles. The first kappa shape index (κ1) is 14.0. The summed E-state index contributed by atoms with van der Waals surface area (Å²) in [6.07, 6.45) is 3.12. The Morgan fingerprint density at radius 3 is 2.12 bits per heavy atom. The van der Waals surface area contributed by atoms with Crippen LogP contribution in [0.3, 0.4) is 0 Å². The molecule has 4 N–H and O–H groups in total. The van der Waals surface area contributed by atoms with Crippen molar-refractivity contribution in [3.05, 3.63) is 0 Å². The van der Waals surface area contributed by atoms with Crippen LogP contribution in [0.4, 0.5) is 0 Å². The molecule has 0 aromatic carbocycles. The lowest BCUT2D eigenvalue weighted by atomic mass is 9.85. The molecule has 5 nitrogen and oxygen atoms in total. The molecule has 0 unspecified atom stereocenters. The van der Waals surface area contributed by atoms with Crippen LogP contribution in [0.1, 0.15) is 46.5 Å². The summed E-state index contributed by atoms with van der Waals surface area (Å²) in [5, 5.41) is 11.7. The number of hydrogen-bond acceptors (Lipinski definition) is 3. The maximum Gasteiger partial charge on any atom is 0.326 e. The van der Waals surface area contributed by atoms with E-state index in [1.54, 1.807) is 20.8 Å². The minimum absolute atomic E-state index is 0.336. The van der Waals surface area contributed by atoms with Gasteiger partial charge in [0, 0.05) is 0 Å². The van der Waals surface area contributed by atoms with Crippen LogP contribution in [-0.4, -0.2) is 28.6 Å². The number of nitrogens with one attached hydrogen (secondary N) is 1. The number of carboxylic acids is 1. The molecule has 1 aliphatic carbocycles. The van der Waals surface area contributed by atoms with Gasteiger partial charge in [-0.2, -0.15) is 0 Å². The maximum atomic E-state index is 12.0. The summed E-state index contributed by atoms with van der Waals surface area (Å²) in [6, 6.07) is -0.906. The number of carboxylic acid groups (broad SMARTS) is 1. The van der Waals surface area contributed by atoms with E-state index in [0.717, 1.165) is 12.8 Å². The van der Waals surface area contributed by atoms with Gasteiger partial charge in [0.15, 0.2) is 0 Å². The second-order valence-electron chi connectivity index (χ2n) is 5.97. The minimum Gasteiger partial charge on any atom is -0.480 e. The number of hydrogen-bond donors (Lipinski definition) is 3. The fraction of sp³-hybridized carbons (Fsp3) is 0.833. The lowest BCUT2D eigenvalue weighted by Gasteiger charge is -2.31. The molecule has 0 heterocycles. The highest BCUT2D eigenvalue weighted by atomic mass is 16.4. The highest BCUT2D eigenvalue weighted by Crippen LogP contribution is 2.28. The highest BCUT2D eigenvalue weighted by Gasteiger charge is 2.41. The quantitative estimate of drug-likeness (QED) is 0.684. The Labute approximate surface area is 102 Å². The van der Waals surface area contributed by atoms with Crippen LogP contribution < -0.4 is 11.1 Å². The fourth-order valence-electron chi connectivity index (χ4n) is 2.16. The third kappa shape index (κ3) is 3.19. The zero-order chi connectivity index (χ0) is 13.3. The summed E-state index contributed by atoms with van der Waals surface area (Å²) in [6.45, 7) is 5.34. The third-order valence-corrected chi connectivity index (χ3v) is 3.34. The van der Waals surface area contributed by atoms with Crippen LogP contribution in [0.25, 0.3) is 0 Å². The lowest BCUT2D eigenvalue weighted by Crippen LogP contribution is -2.58. The van der Waals surface area contributed by atoms with Crippen molar-refractivity contribution >= 4 is 11.9 Å². The van der Waals surface area contributed by atoms with Gasteiger partial charge < -0.3 is 16.2 Å². The molecule has 1 atom stereocenters. The van der Waals surface area contributed by atoms with Gasteiger partial charge >= 0.3 is 5.97 Å². The van der Waals surface area contributed by atoms with Crippen LogP contribution in [0, 0.1) is 5.41 Å². The molecule has 0 aromatic rings. The Bertz CT molecular complexity index is 314. The predicted molar refractivity (Wildman–Crippen MR) is 64.4 cm³/mol. The van der Waals surface area contributed by atoms with Crippen LogP contribution in [-0.2, 0) is 9.59 Å². The molecule has 1 amide bonds. The molecular formula is C12H22N2O3. The fourth-order valence-corrected chi connectivity index (χ4v) is 2.16. The van der Waals surface area contributed by atoms with E-state index in [-0.39, 0.29) is 5.91 Å². The summed E-state index contributed by atoms with van der Waals surface area (Å²) in [5.41, 5.74) is 4.58. The van der Waals surface area contributed by atoms with Gasteiger partial charge in [-0.1, -0.05) is 33.6 Å². The number of aliphatic carboxylic acids is 1. The van der Waals surface area contributed by atoms with Gasteiger partial charge in [0.25, 0.3) is 0 Å². The summed E-state index contributed by atoms with van der Waals surface area (Å²) in [7, 11) is 0. The standard InChI is InChI=1S/C12H22N2O3/c1-11(2,3)8(9(15)16)14-10(17)12(13)6-4-5-7-12/h8H,4-7,13H2,1-3H3,(H,14,17)(H,15,16)/t8-/m0/s1. The first-order valence-corrected chi connectivity index (χ1v) is 5.99. The van der Waals surface area contributed by atoms with Crippen molar-refractivity contribution in [2.24, 2.45) is 11.1 Å². The molecule has 0 radical (unpaired) electrons. The van der Waals surface area contributed by atoms with E-state index in [1.807, 2.05) is 0 Å². The van der Waals surface area contributed by atoms with Gasteiger partial charge in [-0.15, -0.1) is 0 Å². The first-order valence-electron chi connectivity index (χ1n) is 5.99. The monoisotopic (exact) mass is 242 g/mol. The number of carbonyl (C=O) groups excluding carboxylic acids is 1. The van der Waals surface area contributed by atoms with E-state index >= 15 is 0 Å². The molecule has 0 bridgehead atoms. The molecule has 0 aliphatic heterocycles. The Morgan fingerprint density at radius 2 is 1.76 bits per heavy atom. The number of nitrogens with two attached hydrogens (primary N) is 1. The highest BCUT2D eigenvalue weighted by molar-refractivity contribution is 5.90. The van der Waals surface area contributed by atoms with E-state index < -0.39 is 23.0 Å². The second-order valence-corrected chi connectivity index (χ2v) is 5.97. The van der Waals surface area contributed by atoms with Crippen molar-refractivity contribution in [1.29, 1.82) is 0 Å². The van der Waals surface area contributed by atoms with Gasteiger partial charge in [0.2, 0.25) is 5.91 Å². The normalized spacial score (nSPS) is 20.9. The van der Waals surface area contributed by atoms with Gasteiger partial charge in [-0.3, -0.25) is 4.79 Å². The van der Waals surface area contributed by atoms with Gasteiger partial charge in [0.1, 0.15) is 6.04 Å². The molecular weight excluding hydrogens is 220 g/mol. The van der Waals surface area contributed by atoms with E-state index in [1.165, 1.54) is 0 Å². The molecule has 17 heavy (non-hydrogen) atoms. The van der Waals surface area contributed by atoms with Gasteiger partial charge in [-0.05, 0) is 18.3 Å². The molecule has 5 heteroatoms. The molecule has 98 valence electrons. The third-order valence-electron chi connectivity index (χ3n) is 3.34. The largest absolute Gasteiger partial charge is 0.480 e. The first-order chi connectivity index (χ1) is 7.67. The van der Waals surface area contributed by atoms with Crippen LogP contribution in [0.5, 0.6) is 0 Å². The van der Waals surface area contributed by atoms with Crippen molar-refractivity contribution in [3.8, 4) is 0 Å². The SMILES string of the molecule is CC(C)(C)[C@@H](NC(=O)C1(N)CCCC1)C(=O)O. The topological polar surface area (TPSA) is 92.4 Å². The van der Waals surface area contributed by atoms with Crippen molar-refractivity contribution in [2.75, 3.05) is 0 Å². The van der Waals surface area contributed by atoms with Crippen molar-refractivity contribution < 1.29 is 14.7 Å². The van der Waals surface area contributed by atoms with Crippen molar-refractivity contribution in [2.45, 2.75) is 58.0 Å². The molecule has 1 aliphatic rings. The van der Waals surface area contributed by atoms with E-state index in [9.17, 15) is 9.59 Å². The Balaban J connectivity index is 2.75. The number of carbonyl (C=O) groups is 2. The Morgan fingerprint density at radius 1 is 1.29 bits per heavy atom. The van der Waals surface area contributed by atoms with Gasteiger partial charge in [0.05, 0.1) is 5.54 Å². The number of rotatable bonds is 3. The molecule has 1 rings (SSSR count). The number of amides is 1. The Kier molecular flexibility index (Phi) is 3.81. The zero-order valence-electron chi connectivity index (χ0n) is 10.7. The smallest absolute Gasteiger partial charge is 0.326 e.